The number of thiophene rings is 1. The molecule has 0 radical (unpaired) electrons. The van der Waals surface area contributed by atoms with Gasteiger partial charge in [0.25, 0.3) is 0 Å². The standard InChI is InChI=1S/C11H13ClN2O5S/c1-14(5-6-2-3-8(12)20-6)11(19)13-7(10(17)18)4-9(15)16/h2-3,7H,4-5H2,1H3,(H,13,19)(H,15,16)(H,17,18)/t7-/m0/s1. The number of nitrogens with zero attached hydrogens (tertiary/aromatic N) is 1. The van der Waals surface area contributed by atoms with Gasteiger partial charge in [-0.3, -0.25) is 4.79 Å². The third kappa shape index (κ3) is 5.06. The van der Waals surface area contributed by atoms with E-state index in [9.17, 15) is 14.4 Å². The molecule has 0 saturated carbocycles. The number of carboxylic acids is 2. The number of hydrogen-bond donors (Lipinski definition) is 3. The summed E-state index contributed by atoms with van der Waals surface area (Å²) in [5.41, 5.74) is 0. The Balaban J connectivity index is 2.59. The number of aliphatic carboxylic acids is 2. The fourth-order valence-electron chi connectivity index (χ4n) is 1.38. The quantitative estimate of drug-likeness (QED) is 0.735. The average molecular weight is 321 g/mol. The molecular formula is C11H13ClN2O5S. The van der Waals surface area contributed by atoms with Gasteiger partial charge in [0.05, 0.1) is 17.3 Å². The van der Waals surface area contributed by atoms with Gasteiger partial charge in [-0.05, 0) is 12.1 Å². The predicted molar refractivity (Wildman–Crippen MR) is 73.0 cm³/mol. The molecule has 0 saturated heterocycles. The largest absolute Gasteiger partial charge is 0.481 e. The SMILES string of the molecule is CN(Cc1ccc(Cl)s1)C(=O)N[C@@H](CC(=O)O)C(=O)O. The van der Waals surface area contributed by atoms with Gasteiger partial charge in [0.2, 0.25) is 0 Å². The number of carboxylic acid groups (broad SMARTS) is 2. The molecule has 1 aromatic heterocycles. The normalized spacial score (nSPS) is 11.7. The Bertz CT molecular complexity index is 519. The third-order valence-electron chi connectivity index (χ3n) is 2.34. The minimum atomic E-state index is -1.46. The first kappa shape index (κ1) is 16.3. The maximum atomic E-state index is 11.8. The van der Waals surface area contributed by atoms with E-state index >= 15 is 0 Å². The number of urea groups is 1. The fraction of sp³-hybridized carbons (Fsp3) is 0.364. The first-order valence-corrected chi connectivity index (χ1v) is 6.69. The topological polar surface area (TPSA) is 107 Å². The van der Waals surface area contributed by atoms with Crippen LogP contribution in [0.15, 0.2) is 12.1 Å². The van der Waals surface area contributed by atoms with Crippen LogP contribution in [0, 0.1) is 0 Å². The highest BCUT2D eigenvalue weighted by Crippen LogP contribution is 2.22. The van der Waals surface area contributed by atoms with E-state index in [1.807, 2.05) is 0 Å². The first-order valence-electron chi connectivity index (χ1n) is 5.50. The van der Waals surface area contributed by atoms with Gasteiger partial charge in [-0.25, -0.2) is 9.59 Å². The van der Waals surface area contributed by atoms with Crippen LogP contribution in [0.1, 0.15) is 11.3 Å². The van der Waals surface area contributed by atoms with Crippen molar-refractivity contribution in [3.63, 3.8) is 0 Å². The van der Waals surface area contributed by atoms with Crippen molar-refractivity contribution in [2.45, 2.75) is 19.0 Å². The molecule has 0 aliphatic heterocycles. The third-order valence-corrected chi connectivity index (χ3v) is 3.56. The van der Waals surface area contributed by atoms with Gasteiger partial charge >= 0.3 is 18.0 Å². The van der Waals surface area contributed by atoms with Crippen molar-refractivity contribution >= 4 is 40.9 Å². The molecule has 20 heavy (non-hydrogen) atoms. The van der Waals surface area contributed by atoms with E-state index in [-0.39, 0.29) is 6.54 Å². The molecule has 0 fully saturated rings. The fourth-order valence-corrected chi connectivity index (χ4v) is 2.52. The second-order valence-corrected chi connectivity index (χ2v) is 5.80. The van der Waals surface area contributed by atoms with Crippen molar-refractivity contribution in [2.24, 2.45) is 0 Å². The zero-order chi connectivity index (χ0) is 15.3. The number of halogens is 1. The van der Waals surface area contributed by atoms with Gasteiger partial charge in [-0.1, -0.05) is 11.6 Å². The highest BCUT2D eigenvalue weighted by Gasteiger charge is 2.24. The first-order chi connectivity index (χ1) is 9.29. The summed E-state index contributed by atoms with van der Waals surface area (Å²) in [6, 6.07) is 1.32. The van der Waals surface area contributed by atoms with Crippen molar-refractivity contribution in [1.29, 1.82) is 0 Å². The van der Waals surface area contributed by atoms with Crippen molar-refractivity contribution in [3.8, 4) is 0 Å². The van der Waals surface area contributed by atoms with Crippen LogP contribution in [-0.2, 0) is 16.1 Å². The van der Waals surface area contributed by atoms with Crippen LogP contribution in [-0.4, -0.2) is 46.2 Å². The molecule has 0 unspecified atom stereocenters. The van der Waals surface area contributed by atoms with E-state index in [1.54, 1.807) is 12.1 Å². The highest BCUT2D eigenvalue weighted by atomic mass is 35.5. The Morgan fingerprint density at radius 2 is 2.05 bits per heavy atom. The van der Waals surface area contributed by atoms with Gasteiger partial charge in [-0.15, -0.1) is 11.3 Å². The zero-order valence-corrected chi connectivity index (χ0v) is 12.1. The minimum absolute atomic E-state index is 0.253. The molecule has 1 atom stereocenters. The Morgan fingerprint density at radius 3 is 2.50 bits per heavy atom. The lowest BCUT2D eigenvalue weighted by Crippen LogP contribution is -2.47. The lowest BCUT2D eigenvalue weighted by atomic mass is 10.2. The molecular weight excluding hydrogens is 308 g/mol. The van der Waals surface area contributed by atoms with E-state index in [2.05, 4.69) is 5.32 Å². The number of carbonyl (C=O) groups excluding carboxylic acids is 1. The molecule has 0 spiro atoms. The van der Waals surface area contributed by atoms with Crippen LogP contribution in [0.5, 0.6) is 0 Å². The predicted octanol–water partition coefficient (Wildman–Crippen LogP) is 1.47. The number of hydrogen-bond acceptors (Lipinski definition) is 4. The molecule has 1 aromatic rings. The summed E-state index contributed by atoms with van der Waals surface area (Å²) in [6.07, 6.45) is -0.681. The molecule has 0 bridgehead atoms. The van der Waals surface area contributed by atoms with Crippen molar-refractivity contribution in [1.82, 2.24) is 10.2 Å². The minimum Gasteiger partial charge on any atom is -0.481 e. The maximum Gasteiger partial charge on any atom is 0.326 e. The lowest BCUT2D eigenvalue weighted by Gasteiger charge is -2.20. The van der Waals surface area contributed by atoms with Crippen LogP contribution in [0.4, 0.5) is 4.79 Å². The molecule has 9 heteroatoms. The van der Waals surface area contributed by atoms with Crippen molar-refractivity contribution < 1.29 is 24.6 Å². The summed E-state index contributed by atoms with van der Waals surface area (Å²) in [4.78, 5) is 35.2. The molecule has 1 rings (SSSR count). The van der Waals surface area contributed by atoms with Crippen molar-refractivity contribution in [2.75, 3.05) is 7.05 Å². The molecule has 2 amide bonds. The van der Waals surface area contributed by atoms with E-state index in [1.165, 1.54) is 23.3 Å². The van der Waals surface area contributed by atoms with Gasteiger partial charge in [-0.2, -0.15) is 0 Å². The lowest BCUT2D eigenvalue weighted by molar-refractivity contribution is -0.145. The van der Waals surface area contributed by atoms with Crippen molar-refractivity contribution in [3.05, 3.63) is 21.3 Å². The van der Waals surface area contributed by atoms with Gasteiger partial charge < -0.3 is 20.4 Å². The second kappa shape index (κ2) is 7.11. The van der Waals surface area contributed by atoms with Crippen LogP contribution in [0.2, 0.25) is 4.34 Å². The van der Waals surface area contributed by atoms with Crippen LogP contribution in [0.25, 0.3) is 0 Å². The molecule has 1 heterocycles. The van der Waals surface area contributed by atoms with Gasteiger partial charge in [0.15, 0.2) is 0 Å². The van der Waals surface area contributed by atoms with Gasteiger partial charge in [0.1, 0.15) is 6.04 Å². The summed E-state index contributed by atoms with van der Waals surface area (Å²) in [6.45, 7) is 0.253. The number of amides is 2. The summed E-state index contributed by atoms with van der Waals surface area (Å²) >= 11 is 7.07. The summed E-state index contributed by atoms with van der Waals surface area (Å²) < 4.78 is 0.586. The van der Waals surface area contributed by atoms with Crippen LogP contribution >= 0.6 is 22.9 Å². The Morgan fingerprint density at radius 1 is 1.40 bits per heavy atom. The molecule has 0 aromatic carbocycles. The van der Waals surface area contributed by atoms with Crippen LogP contribution < -0.4 is 5.32 Å². The molecule has 110 valence electrons. The molecule has 0 aliphatic carbocycles. The Labute approximate surface area is 123 Å². The monoisotopic (exact) mass is 320 g/mol. The van der Waals surface area contributed by atoms with Gasteiger partial charge in [0, 0.05) is 11.9 Å². The number of rotatable bonds is 6. The Hall–Kier alpha value is -1.80. The molecule has 3 N–H and O–H groups in total. The van der Waals surface area contributed by atoms with E-state index < -0.39 is 30.4 Å². The molecule has 0 aliphatic rings. The maximum absolute atomic E-state index is 11.8. The Kier molecular flexibility index (Phi) is 5.78. The average Bonchev–Trinajstić information content (AvgIpc) is 2.72. The zero-order valence-electron chi connectivity index (χ0n) is 10.5. The number of carbonyl (C=O) groups is 3. The summed E-state index contributed by atoms with van der Waals surface area (Å²) in [5, 5.41) is 19.6. The van der Waals surface area contributed by atoms with Crippen LogP contribution in [0.3, 0.4) is 0 Å². The summed E-state index contributed by atoms with van der Waals surface area (Å²) in [5.74, 6) is -2.70. The second-order valence-electron chi connectivity index (χ2n) is 4.00. The highest BCUT2D eigenvalue weighted by molar-refractivity contribution is 7.16. The molecule has 7 nitrogen and oxygen atoms in total. The number of nitrogens with one attached hydrogen (secondary N) is 1. The van der Waals surface area contributed by atoms with E-state index in [0.717, 1.165) is 4.88 Å². The summed E-state index contributed by atoms with van der Waals surface area (Å²) in [7, 11) is 1.47. The smallest absolute Gasteiger partial charge is 0.326 e. The van der Waals surface area contributed by atoms with E-state index in [0.29, 0.717) is 4.34 Å². The van der Waals surface area contributed by atoms with E-state index in [4.69, 9.17) is 21.8 Å².